The van der Waals surface area contributed by atoms with Gasteiger partial charge in [0.25, 0.3) is 0 Å². The summed E-state index contributed by atoms with van der Waals surface area (Å²) in [6, 6.07) is 2.30. The van der Waals surface area contributed by atoms with E-state index >= 15 is 0 Å². The molecule has 1 aliphatic heterocycles. The van der Waals surface area contributed by atoms with Gasteiger partial charge in [-0.1, -0.05) is 0 Å². The Morgan fingerprint density at radius 3 is 2.35 bits per heavy atom. The van der Waals surface area contributed by atoms with Crippen molar-refractivity contribution in [3.8, 4) is 5.75 Å². The Morgan fingerprint density at radius 1 is 1.18 bits per heavy atom. The molecule has 0 atom stereocenters. The van der Waals surface area contributed by atoms with Gasteiger partial charge in [-0.3, -0.25) is 0 Å². The fraction of sp³-hybridized carbons (Fsp3) is 0.538. The molecule has 1 aromatic rings. The van der Waals surface area contributed by atoms with Gasteiger partial charge < -0.3 is 9.64 Å². The third kappa shape index (κ3) is 2.41. The number of rotatable bonds is 2. The molecule has 1 saturated heterocycles. The molecule has 4 heteroatoms. The van der Waals surface area contributed by atoms with E-state index in [1.807, 2.05) is 7.05 Å². The Morgan fingerprint density at radius 2 is 1.76 bits per heavy atom. The summed E-state index contributed by atoms with van der Waals surface area (Å²) in [4.78, 5) is 2.19. The van der Waals surface area contributed by atoms with Crippen molar-refractivity contribution in [3.05, 3.63) is 29.3 Å². The van der Waals surface area contributed by atoms with E-state index in [4.69, 9.17) is 4.74 Å². The molecule has 0 spiro atoms. The number of ether oxygens (including phenoxy) is 1. The van der Waals surface area contributed by atoms with Crippen molar-refractivity contribution >= 4 is 0 Å². The number of halogens is 2. The van der Waals surface area contributed by atoms with Crippen LogP contribution in [0.3, 0.4) is 0 Å². The minimum Gasteiger partial charge on any atom is -0.493 e. The van der Waals surface area contributed by atoms with Gasteiger partial charge in [-0.2, -0.15) is 0 Å². The third-order valence-corrected chi connectivity index (χ3v) is 3.43. The van der Waals surface area contributed by atoms with Crippen molar-refractivity contribution < 1.29 is 13.5 Å². The minimum atomic E-state index is -0.483. The number of nitrogens with zero attached hydrogens (tertiary/aromatic N) is 1. The van der Waals surface area contributed by atoms with Crippen LogP contribution in [-0.4, -0.2) is 32.1 Å². The van der Waals surface area contributed by atoms with Crippen molar-refractivity contribution in [1.29, 1.82) is 0 Å². The monoisotopic (exact) mass is 241 g/mol. The summed E-state index contributed by atoms with van der Waals surface area (Å²) >= 11 is 0. The molecule has 1 aromatic carbocycles. The molecule has 0 bridgehead atoms. The van der Waals surface area contributed by atoms with E-state index in [-0.39, 0.29) is 17.5 Å². The number of hydrogen-bond acceptors (Lipinski definition) is 2. The maximum Gasteiger partial charge on any atom is 0.165 e. The zero-order valence-electron chi connectivity index (χ0n) is 10.2. The summed E-state index contributed by atoms with van der Waals surface area (Å²) in [6.45, 7) is 1.81. The zero-order chi connectivity index (χ0) is 12.4. The van der Waals surface area contributed by atoms with Gasteiger partial charge in [0.05, 0.1) is 7.11 Å². The highest BCUT2D eigenvalue weighted by Gasteiger charge is 2.26. The van der Waals surface area contributed by atoms with Crippen LogP contribution in [0.1, 0.15) is 24.3 Å². The van der Waals surface area contributed by atoms with Crippen molar-refractivity contribution in [3.63, 3.8) is 0 Å². The molecule has 0 aliphatic carbocycles. The van der Waals surface area contributed by atoms with E-state index in [2.05, 4.69) is 4.90 Å². The van der Waals surface area contributed by atoms with Crippen LogP contribution < -0.4 is 4.74 Å². The molecule has 94 valence electrons. The van der Waals surface area contributed by atoms with E-state index in [0.29, 0.717) is 5.56 Å². The van der Waals surface area contributed by atoms with Crippen molar-refractivity contribution in [2.24, 2.45) is 0 Å². The maximum absolute atomic E-state index is 13.8. The summed E-state index contributed by atoms with van der Waals surface area (Å²) in [5.41, 5.74) is 0.403. The smallest absolute Gasteiger partial charge is 0.165 e. The number of methoxy groups -OCH3 is 1. The largest absolute Gasteiger partial charge is 0.493 e. The summed E-state index contributed by atoms with van der Waals surface area (Å²) in [5.74, 6) is -0.725. The lowest BCUT2D eigenvalue weighted by Gasteiger charge is -2.30. The lowest BCUT2D eigenvalue weighted by Crippen LogP contribution is -2.29. The number of piperidine rings is 1. The standard InChI is InChI=1S/C13H17F2NO/c1-16-7-5-9(6-8-16)12-10(14)3-4-11(15)13(12)17-2/h3-4,9H,5-8H2,1-2H3. The van der Waals surface area contributed by atoms with Gasteiger partial charge in [0.15, 0.2) is 11.6 Å². The Balaban J connectivity index is 2.33. The molecule has 2 rings (SSSR count). The molecule has 1 fully saturated rings. The van der Waals surface area contributed by atoms with E-state index in [1.54, 1.807) is 0 Å². The summed E-state index contributed by atoms with van der Waals surface area (Å²) < 4.78 is 32.4. The molecule has 0 N–H and O–H groups in total. The van der Waals surface area contributed by atoms with Crippen LogP contribution in [0.2, 0.25) is 0 Å². The molecular weight excluding hydrogens is 224 g/mol. The number of likely N-dealkylation sites (tertiary alicyclic amines) is 1. The van der Waals surface area contributed by atoms with E-state index in [9.17, 15) is 8.78 Å². The van der Waals surface area contributed by atoms with Crippen LogP contribution in [-0.2, 0) is 0 Å². The lowest BCUT2D eigenvalue weighted by molar-refractivity contribution is 0.248. The quantitative estimate of drug-likeness (QED) is 0.789. The first-order chi connectivity index (χ1) is 8.13. The van der Waals surface area contributed by atoms with Crippen molar-refractivity contribution in [2.75, 3.05) is 27.2 Å². The average Bonchev–Trinajstić information content (AvgIpc) is 2.33. The number of benzene rings is 1. The van der Waals surface area contributed by atoms with Crippen LogP contribution >= 0.6 is 0 Å². The normalized spacial score (nSPS) is 18.4. The number of hydrogen-bond donors (Lipinski definition) is 0. The molecule has 17 heavy (non-hydrogen) atoms. The fourth-order valence-electron chi connectivity index (χ4n) is 2.43. The van der Waals surface area contributed by atoms with E-state index in [1.165, 1.54) is 13.2 Å². The van der Waals surface area contributed by atoms with Crippen LogP contribution in [0.15, 0.2) is 12.1 Å². The molecular formula is C13H17F2NO. The van der Waals surface area contributed by atoms with Gasteiger partial charge in [0.1, 0.15) is 5.82 Å². The SMILES string of the molecule is COc1c(F)ccc(F)c1C1CCN(C)CC1. The maximum atomic E-state index is 13.8. The lowest BCUT2D eigenvalue weighted by atomic mass is 9.88. The van der Waals surface area contributed by atoms with Crippen LogP contribution in [0.4, 0.5) is 8.78 Å². The first kappa shape index (κ1) is 12.3. The van der Waals surface area contributed by atoms with Gasteiger partial charge in [-0.05, 0) is 51.0 Å². The Bertz CT molecular complexity index is 401. The summed E-state index contributed by atoms with van der Waals surface area (Å²) in [6.07, 6.45) is 1.68. The van der Waals surface area contributed by atoms with Gasteiger partial charge >= 0.3 is 0 Å². The summed E-state index contributed by atoms with van der Waals surface area (Å²) in [5, 5.41) is 0. The first-order valence-corrected chi connectivity index (χ1v) is 5.84. The second-order valence-corrected chi connectivity index (χ2v) is 4.55. The van der Waals surface area contributed by atoms with E-state index in [0.717, 1.165) is 32.0 Å². The average molecular weight is 241 g/mol. The Labute approximate surface area is 100 Å². The highest BCUT2D eigenvalue weighted by atomic mass is 19.1. The Hall–Kier alpha value is -1.16. The van der Waals surface area contributed by atoms with Gasteiger partial charge in [0, 0.05) is 5.56 Å². The minimum absolute atomic E-state index is 0.0526. The molecule has 0 radical (unpaired) electrons. The second kappa shape index (κ2) is 5.00. The van der Waals surface area contributed by atoms with Crippen molar-refractivity contribution in [2.45, 2.75) is 18.8 Å². The van der Waals surface area contributed by atoms with Crippen LogP contribution in [0, 0.1) is 11.6 Å². The predicted octanol–water partition coefficient (Wildman–Crippen LogP) is 2.78. The molecule has 1 aliphatic rings. The molecule has 0 aromatic heterocycles. The molecule has 0 saturated carbocycles. The summed E-state index contributed by atoms with van der Waals surface area (Å²) in [7, 11) is 3.42. The molecule has 0 amide bonds. The molecule has 2 nitrogen and oxygen atoms in total. The van der Waals surface area contributed by atoms with Crippen LogP contribution in [0.5, 0.6) is 5.75 Å². The van der Waals surface area contributed by atoms with Gasteiger partial charge in [-0.25, -0.2) is 8.78 Å². The van der Waals surface area contributed by atoms with Gasteiger partial charge in [-0.15, -0.1) is 0 Å². The third-order valence-electron chi connectivity index (χ3n) is 3.43. The van der Waals surface area contributed by atoms with E-state index < -0.39 is 5.82 Å². The first-order valence-electron chi connectivity index (χ1n) is 5.84. The molecule has 0 unspecified atom stereocenters. The van der Waals surface area contributed by atoms with Gasteiger partial charge in [0.2, 0.25) is 0 Å². The topological polar surface area (TPSA) is 12.5 Å². The van der Waals surface area contributed by atoms with Crippen molar-refractivity contribution in [1.82, 2.24) is 4.90 Å². The van der Waals surface area contributed by atoms with Crippen LogP contribution in [0.25, 0.3) is 0 Å². The fourth-order valence-corrected chi connectivity index (χ4v) is 2.43. The molecule has 1 heterocycles. The highest BCUT2D eigenvalue weighted by molar-refractivity contribution is 5.39. The second-order valence-electron chi connectivity index (χ2n) is 4.55. The predicted molar refractivity (Wildman–Crippen MR) is 62.4 cm³/mol. The zero-order valence-corrected chi connectivity index (χ0v) is 10.2. The highest BCUT2D eigenvalue weighted by Crippen LogP contribution is 2.37. The Kier molecular flexibility index (Phi) is 3.62.